The van der Waals surface area contributed by atoms with Crippen LogP contribution in [0.25, 0.3) is 0 Å². The minimum Gasteiger partial charge on any atom is -0.388 e. The minimum absolute atomic E-state index is 0.0272. The van der Waals surface area contributed by atoms with Crippen LogP contribution in [0.3, 0.4) is 0 Å². The normalized spacial score (nSPS) is 18.2. The maximum absolute atomic E-state index is 12.4. The molecule has 1 aliphatic rings. The number of amides is 1. The SMILES string of the molecule is C=CC(CC(=O)N(C)CC1(O)CCCC1)c1ccccc1. The quantitative estimate of drug-likeness (QED) is 0.817. The number of carbonyl (C=O) groups is 1. The van der Waals surface area contributed by atoms with Crippen LogP contribution in [0.15, 0.2) is 43.0 Å². The lowest BCUT2D eigenvalue weighted by molar-refractivity contribution is -0.133. The van der Waals surface area contributed by atoms with Crippen LogP contribution in [0.1, 0.15) is 43.6 Å². The molecule has 1 aromatic carbocycles. The Hall–Kier alpha value is -1.61. The Bertz CT molecular complexity index is 477. The van der Waals surface area contributed by atoms with Crippen LogP contribution in [-0.2, 0) is 4.79 Å². The van der Waals surface area contributed by atoms with Gasteiger partial charge in [0.2, 0.25) is 5.91 Å². The standard InChI is InChI=1S/C18H25NO2/c1-3-15(16-9-5-4-6-10-16)13-17(20)19(2)14-18(21)11-7-8-12-18/h3-6,9-10,15,21H,1,7-8,11-14H2,2H3. The molecule has 1 fully saturated rings. The summed E-state index contributed by atoms with van der Waals surface area (Å²) in [6.07, 6.45) is 5.93. The molecule has 1 unspecified atom stereocenters. The molecule has 1 aliphatic carbocycles. The summed E-state index contributed by atoms with van der Waals surface area (Å²) in [5.74, 6) is 0.0865. The second-order valence-corrected chi connectivity index (χ2v) is 6.14. The fraction of sp³-hybridized carbons (Fsp3) is 0.500. The summed E-state index contributed by atoms with van der Waals surface area (Å²) in [5.41, 5.74) is 0.426. The summed E-state index contributed by atoms with van der Waals surface area (Å²) in [7, 11) is 1.78. The Morgan fingerprint density at radius 1 is 1.38 bits per heavy atom. The van der Waals surface area contributed by atoms with E-state index in [4.69, 9.17) is 0 Å². The van der Waals surface area contributed by atoms with Gasteiger partial charge in [-0.3, -0.25) is 4.79 Å². The molecule has 3 nitrogen and oxygen atoms in total. The van der Waals surface area contributed by atoms with Crippen molar-refractivity contribution in [2.24, 2.45) is 0 Å². The number of aliphatic hydroxyl groups is 1. The highest BCUT2D eigenvalue weighted by molar-refractivity contribution is 5.77. The zero-order chi connectivity index (χ0) is 15.3. The highest BCUT2D eigenvalue weighted by Crippen LogP contribution is 2.30. The molecule has 3 heteroatoms. The topological polar surface area (TPSA) is 40.5 Å². The number of hydrogen-bond donors (Lipinski definition) is 1. The van der Waals surface area contributed by atoms with Gasteiger partial charge >= 0.3 is 0 Å². The highest BCUT2D eigenvalue weighted by atomic mass is 16.3. The molecule has 0 aliphatic heterocycles. The van der Waals surface area contributed by atoms with Crippen molar-refractivity contribution in [3.63, 3.8) is 0 Å². The molecule has 0 saturated heterocycles. The minimum atomic E-state index is -0.680. The van der Waals surface area contributed by atoms with E-state index in [1.165, 1.54) is 0 Å². The Morgan fingerprint density at radius 2 is 2.00 bits per heavy atom. The third-order valence-corrected chi connectivity index (χ3v) is 4.40. The molecule has 2 rings (SSSR count). The van der Waals surface area contributed by atoms with Gasteiger partial charge in [0.1, 0.15) is 0 Å². The second kappa shape index (κ2) is 6.90. The van der Waals surface area contributed by atoms with Gasteiger partial charge in [-0.2, -0.15) is 0 Å². The third kappa shape index (κ3) is 4.18. The smallest absolute Gasteiger partial charge is 0.223 e. The number of carbonyl (C=O) groups excluding carboxylic acids is 1. The molecule has 0 bridgehead atoms. The molecule has 1 amide bonds. The number of likely N-dealkylation sites (N-methyl/N-ethyl adjacent to an activating group) is 1. The zero-order valence-corrected chi connectivity index (χ0v) is 12.8. The molecule has 0 heterocycles. The number of rotatable bonds is 6. The van der Waals surface area contributed by atoms with Crippen LogP contribution in [0.4, 0.5) is 0 Å². The molecule has 114 valence electrons. The first-order valence-corrected chi connectivity index (χ1v) is 7.68. The molecule has 0 radical (unpaired) electrons. The van der Waals surface area contributed by atoms with E-state index in [0.717, 1.165) is 31.2 Å². The fourth-order valence-corrected chi connectivity index (χ4v) is 3.10. The second-order valence-electron chi connectivity index (χ2n) is 6.14. The van der Waals surface area contributed by atoms with Crippen LogP contribution in [0, 0.1) is 0 Å². The van der Waals surface area contributed by atoms with Crippen LogP contribution < -0.4 is 0 Å². The van der Waals surface area contributed by atoms with Gasteiger partial charge in [-0.25, -0.2) is 0 Å². The maximum Gasteiger partial charge on any atom is 0.223 e. The van der Waals surface area contributed by atoms with Crippen molar-refractivity contribution in [2.45, 2.75) is 43.6 Å². The molecule has 1 N–H and O–H groups in total. The number of nitrogens with zero attached hydrogens (tertiary/aromatic N) is 1. The van der Waals surface area contributed by atoms with Gasteiger partial charge in [0.25, 0.3) is 0 Å². The van der Waals surface area contributed by atoms with E-state index in [1.807, 2.05) is 36.4 Å². The van der Waals surface area contributed by atoms with Crippen LogP contribution >= 0.6 is 0 Å². The molecular weight excluding hydrogens is 262 g/mol. The first-order valence-electron chi connectivity index (χ1n) is 7.68. The largest absolute Gasteiger partial charge is 0.388 e. The summed E-state index contributed by atoms with van der Waals surface area (Å²) in [5, 5.41) is 10.4. The first-order chi connectivity index (χ1) is 10.0. The zero-order valence-electron chi connectivity index (χ0n) is 12.8. The molecule has 1 aromatic rings. The molecule has 0 aromatic heterocycles. The van der Waals surface area contributed by atoms with Crippen molar-refractivity contribution < 1.29 is 9.90 Å². The van der Waals surface area contributed by atoms with Crippen molar-refractivity contribution in [1.29, 1.82) is 0 Å². The van der Waals surface area contributed by atoms with Gasteiger partial charge in [-0.1, -0.05) is 49.2 Å². The average Bonchev–Trinajstić information content (AvgIpc) is 2.91. The fourth-order valence-electron chi connectivity index (χ4n) is 3.10. The summed E-state index contributed by atoms with van der Waals surface area (Å²) >= 11 is 0. The highest BCUT2D eigenvalue weighted by Gasteiger charge is 2.33. The van der Waals surface area contributed by atoms with Gasteiger partial charge in [0.05, 0.1) is 5.60 Å². The van der Waals surface area contributed by atoms with E-state index < -0.39 is 5.60 Å². The monoisotopic (exact) mass is 287 g/mol. The van der Waals surface area contributed by atoms with Crippen molar-refractivity contribution in [3.05, 3.63) is 48.6 Å². The molecule has 0 spiro atoms. The Morgan fingerprint density at radius 3 is 2.57 bits per heavy atom. The van der Waals surface area contributed by atoms with Crippen LogP contribution in [-0.4, -0.2) is 35.1 Å². The molecule has 21 heavy (non-hydrogen) atoms. The Kier molecular flexibility index (Phi) is 5.18. The lowest BCUT2D eigenvalue weighted by Crippen LogP contribution is -2.42. The number of allylic oxidation sites excluding steroid dienone is 1. The lowest BCUT2D eigenvalue weighted by atomic mass is 9.95. The van der Waals surface area contributed by atoms with E-state index in [2.05, 4.69) is 6.58 Å². The number of hydrogen-bond acceptors (Lipinski definition) is 2. The van der Waals surface area contributed by atoms with Gasteiger partial charge in [-0.05, 0) is 18.4 Å². The van der Waals surface area contributed by atoms with E-state index >= 15 is 0 Å². The summed E-state index contributed by atoms with van der Waals surface area (Å²) < 4.78 is 0. The number of benzene rings is 1. The summed E-state index contributed by atoms with van der Waals surface area (Å²) in [6.45, 7) is 4.28. The van der Waals surface area contributed by atoms with E-state index in [9.17, 15) is 9.90 Å². The van der Waals surface area contributed by atoms with Gasteiger partial charge < -0.3 is 10.0 Å². The van der Waals surface area contributed by atoms with Crippen LogP contribution in [0.2, 0.25) is 0 Å². The summed E-state index contributed by atoms with van der Waals surface area (Å²) in [4.78, 5) is 14.1. The maximum atomic E-state index is 12.4. The van der Waals surface area contributed by atoms with Crippen molar-refractivity contribution in [1.82, 2.24) is 4.90 Å². The predicted octanol–water partition coefficient (Wildman–Crippen LogP) is 3.11. The lowest BCUT2D eigenvalue weighted by Gasteiger charge is -2.29. The van der Waals surface area contributed by atoms with Crippen molar-refractivity contribution >= 4 is 5.91 Å². The Labute approximate surface area is 127 Å². The van der Waals surface area contributed by atoms with Gasteiger partial charge in [-0.15, -0.1) is 6.58 Å². The van der Waals surface area contributed by atoms with E-state index in [-0.39, 0.29) is 11.8 Å². The van der Waals surface area contributed by atoms with Crippen LogP contribution in [0.5, 0.6) is 0 Å². The predicted molar refractivity (Wildman–Crippen MR) is 85.1 cm³/mol. The molecule has 1 atom stereocenters. The van der Waals surface area contributed by atoms with E-state index in [1.54, 1.807) is 11.9 Å². The molecule has 1 saturated carbocycles. The van der Waals surface area contributed by atoms with Gasteiger partial charge in [0, 0.05) is 25.9 Å². The average molecular weight is 287 g/mol. The van der Waals surface area contributed by atoms with Crippen molar-refractivity contribution in [2.75, 3.05) is 13.6 Å². The Balaban J connectivity index is 1.94. The third-order valence-electron chi connectivity index (χ3n) is 4.40. The van der Waals surface area contributed by atoms with Crippen molar-refractivity contribution in [3.8, 4) is 0 Å². The first kappa shape index (κ1) is 15.8. The van der Waals surface area contributed by atoms with Gasteiger partial charge in [0.15, 0.2) is 0 Å². The van der Waals surface area contributed by atoms with E-state index in [0.29, 0.717) is 13.0 Å². The summed E-state index contributed by atoms with van der Waals surface area (Å²) in [6, 6.07) is 9.95. The molecular formula is C18H25NO2.